The van der Waals surface area contributed by atoms with Crippen LogP contribution in [-0.2, 0) is 0 Å². The highest BCUT2D eigenvalue weighted by Gasteiger charge is 2.22. The van der Waals surface area contributed by atoms with E-state index < -0.39 is 4.92 Å². The van der Waals surface area contributed by atoms with Crippen LogP contribution in [0.1, 0.15) is 26.2 Å². The summed E-state index contributed by atoms with van der Waals surface area (Å²) in [6.45, 7) is 6.37. The molecule has 0 unspecified atom stereocenters. The Morgan fingerprint density at radius 1 is 1.24 bits per heavy atom. The summed E-state index contributed by atoms with van der Waals surface area (Å²) >= 11 is 0. The first kappa shape index (κ1) is 15.4. The molecule has 0 spiro atoms. The summed E-state index contributed by atoms with van der Waals surface area (Å²) in [5, 5.41) is 17.3. The highest BCUT2D eigenvalue weighted by atomic mass is 16.6. The van der Waals surface area contributed by atoms with Gasteiger partial charge in [-0.3, -0.25) is 10.1 Å². The Morgan fingerprint density at radius 2 is 1.86 bits per heavy atom. The Kier molecular flexibility index (Phi) is 5.68. The van der Waals surface area contributed by atoms with Crippen LogP contribution in [0.2, 0.25) is 0 Å². The van der Waals surface area contributed by atoms with Gasteiger partial charge in [0.2, 0.25) is 11.6 Å². The molecule has 1 aliphatic rings. The molecule has 0 atom stereocenters. The van der Waals surface area contributed by atoms with E-state index in [9.17, 15) is 10.1 Å². The lowest BCUT2D eigenvalue weighted by atomic mass is 10.4. The lowest BCUT2D eigenvalue weighted by Crippen LogP contribution is -2.26. The molecule has 116 valence electrons. The van der Waals surface area contributed by atoms with Gasteiger partial charge in [0.05, 0.1) is 4.92 Å². The van der Waals surface area contributed by atoms with Gasteiger partial charge in [-0.2, -0.15) is 0 Å². The first-order chi connectivity index (χ1) is 10.2. The molecule has 0 bridgehead atoms. The maximum absolute atomic E-state index is 11.3. The van der Waals surface area contributed by atoms with Gasteiger partial charge in [-0.1, -0.05) is 6.92 Å². The third-order valence-electron chi connectivity index (χ3n) is 3.47. The van der Waals surface area contributed by atoms with Crippen molar-refractivity contribution in [3.8, 4) is 0 Å². The molecule has 2 rings (SSSR count). The summed E-state index contributed by atoms with van der Waals surface area (Å²) in [7, 11) is 0. The molecule has 1 aromatic heterocycles. The minimum atomic E-state index is -0.434. The summed E-state index contributed by atoms with van der Waals surface area (Å²) in [6, 6.07) is 0. The number of aromatic nitrogens is 2. The van der Waals surface area contributed by atoms with Gasteiger partial charge >= 0.3 is 5.69 Å². The molecule has 1 fully saturated rings. The van der Waals surface area contributed by atoms with Gasteiger partial charge in [0.1, 0.15) is 6.33 Å². The lowest BCUT2D eigenvalue weighted by Gasteiger charge is -2.15. The number of nitro groups is 1. The van der Waals surface area contributed by atoms with E-state index in [4.69, 9.17) is 0 Å². The second-order valence-corrected chi connectivity index (χ2v) is 5.08. The van der Waals surface area contributed by atoms with Crippen LogP contribution >= 0.6 is 0 Å². The van der Waals surface area contributed by atoms with Crippen LogP contribution in [0, 0.1) is 10.1 Å². The number of hydrogen-bond donors (Lipinski definition) is 2. The van der Waals surface area contributed by atoms with Gasteiger partial charge < -0.3 is 15.5 Å². The zero-order chi connectivity index (χ0) is 15.1. The number of anilines is 2. The van der Waals surface area contributed by atoms with Crippen molar-refractivity contribution in [3.63, 3.8) is 0 Å². The molecule has 8 nitrogen and oxygen atoms in total. The highest BCUT2D eigenvalue weighted by molar-refractivity contribution is 5.69. The molecule has 0 aliphatic carbocycles. The minimum absolute atomic E-state index is 0.0765. The zero-order valence-corrected chi connectivity index (χ0v) is 12.3. The van der Waals surface area contributed by atoms with Crippen LogP contribution in [0.4, 0.5) is 17.3 Å². The smallest absolute Gasteiger partial charge is 0.353 e. The fourth-order valence-electron chi connectivity index (χ4n) is 2.39. The van der Waals surface area contributed by atoms with Crippen LogP contribution in [-0.4, -0.2) is 52.5 Å². The summed E-state index contributed by atoms with van der Waals surface area (Å²) < 4.78 is 0. The van der Waals surface area contributed by atoms with Crippen LogP contribution in [0.15, 0.2) is 6.33 Å². The normalized spacial score (nSPS) is 15.1. The molecule has 8 heteroatoms. The summed E-state index contributed by atoms with van der Waals surface area (Å²) in [4.78, 5) is 21.1. The predicted molar refractivity (Wildman–Crippen MR) is 81.6 cm³/mol. The average Bonchev–Trinajstić information content (AvgIpc) is 2.98. The number of rotatable bonds is 8. The van der Waals surface area contributed by atoms with Gasteiger partial charge in [0.15, 0.2) is 0 Å². The van der Waals surface area contributed by atoms with E-state index >= 15 is 0 Å². The molecule has 2 N–H and O–H groups in total. The van der Waals surface area contributed by atoms with E-state index in [2.05, 4.69) is 25.5 Å². The van der Waals surface area contributed by atoms with Crippen molar-refractivity contribution >= 4 is 17.3 Å². The van der Waals surface area contributed by atoms with E-state index in [-0.39, 0.29) is 17.3 Å². The molecule has 0 saturated carbocycles. The molecule has 1 aliphatic heterocycles. The summed E-state index contributed by atoms with van der Waals surface area (Å²) in [5.74, 6) is 0.563. The first-order valence-corrected chi connectivity index (χ1v) is 7.42. The highest BCUT2D eigenvalue weighted by Crippen LogP contribution is 2.28. The van der Waals surface area contributed by atoms with Crippen LogP contribution in [0.5, 0.6) is 0 Å². The average molecular weight is 294 g/mol. The van der Waals surface area contributed by atoms with E-state index in [1.807, 2.05) is 6.92 Å². The number of nitrogens with zero attached hydrogens (tertiary/aromatic N) is 4. The SMILES string of the molecule is CCCNc1ncnc(NCCN2CCCC2)c1[N+](=O)[O-]. The van der Waals surface area contributed by atoms with Gasteiger partial charge in [-0.05, 0) is 32.4 Å². The Hall–Kier alpha value is -1.96. The Bertz CT molecular complexity index is 476. The van der Waals surface area contributed by atoms with Crippen LogP contribution in [0.25, 0.3) is 0 Å². The maximum atomic E-state index is 11.3. The van der Waals surface area contributed by atoms with Crippen molar-refractivity contribution in [2.24, 2.45) is 0 Å². The Labute approximate surface area is 124 Å². The van der Waals surface area contributed by atoms with E-state index in [0.29, 0.717) is 13.1 Å². The summed E-state index contributed by atoms with van der Waals surface area (Å²) in [6.07, 6.45) is 4.69. The number of hydrogen-bond acceptors (Lipinski definition) is 7. The first-order valence-electron chi connectivity index (χ1n) is 7.42. The lowest BCUT2D eigenvalue weighted by molar-refractivity contribution is -0.383. The monoisotopic (exact) mass is 294 g/mol. The molecular weight excluding hydrogens is 272 g/mol. The largest absolute Gasteiger partial charge is 0.364 e. The molecule has 1 aromatic rings. The Morgan fingerprint density at radius 3 is 2.43 bits per heavy atom. The fraction of sp³-hybridized carbons (Fsp3) is 0.692. The van der Waals surface area contributed by atoms with Gasteiger partial charge in [0, 0.05) is 19.6 Å². The van der Waals surface area contributed by atoms with Crippen molar-refractivity contribution in [1.82, 2.24) is 14.9 Å². The maximum Gasteiger partial charge on any atom is 0.353 e. The van der Waals surface area contributed by atoms with Crippen molar-refractivity contribution in [3.05, 3.63) is 16.4 Å². The third kappa shape index (κ3) is 4.25. The second-order valence-electron chi connectivity index (χ2n) is 5.08. The molecular formula is C13H22N6O2. The van der Waals surface area contributed by atoms with Gasteiger partial charge in [-0.25, -0.2) is 9.97 Å². The van der Waals surface area contributed by atoms with Crippen molar-refractivity contribution < 1.29 is 4.92 Å². The van der Waals surface area contributed by atoms with E-state index in [1.54, 1.807) is 0 Å². The zero-order valence-electron chi connectivity index (χ0n) is 12.3. The Balaban J connectivity index is 2.01. The van der Waals surface area contributed by atoms with E-state index in [0.717, 1.165) is 26.1 Å². The quantitative estimate of drug-likeness (QED) is 0.556. The number of likely N-dealkylation sites (tertiary alicyclic amines) is 1. The van der Waals surface area contributed by atoms with Crippen LogP contribution in [0.3, 0.4) is 0 Å². The van der Waals surface area contributed by atoms with Gasteiger partial charge in [-0.15, -0.1) is 0 Å². The third-order valence-corrected chi connectivity index (χ3v) is 3.47. The second kappa shape index (κ2) is 7.72. The summed E-state index contributed by atoms with van der Waals surface area (Å²) in [5.41, 5.74) is -0.0765. The van der Waals surface area contributed by atoms with Crippen molar-refractivity contribution in [2.75, 3.05) is 43.4 Å². The molecule has 0 radical (unpaired) electrons. The minimum Gasteiger partial charge on any atom is -0.364 e. The predicted octanol–water partition coefficient (Wildman–Crippen LogP) is 1.71. The molecule has 2 heterocycles. The van der Waals surface area contributed by atoms with Gasteiger partial charge in [0.25, 0.3) is 0 Å². The fourth-order valence-corrected chi connectivity index (χ4v) is 2.39. The molecule has 1 saturated heterocycles. The molecule has 0 amide bonds. The molecule has 21 heavy (non-hydrogen) atoms. The number of nitrogens with one attached hydrogen (secondary N) is 2. The van der Waals surface area contributed by atoms with Crippen molar-refractivity contribution in [1.29, 1.82) is 0 Å². The topological polar surface area (TPSA) is 96.2 Å². The van der Waals surface area contributed by atoms with E-state index in [1.165, 1.54) is 19.2 Å². The van der Waals surface area contributed by atoms with Crippen molar-refractivity contribution in [2.45, 2.75) is 26.2 Å². The standard InChI is InChI=1S/C13H22N6O2/c1-2-5-14-12-11(19(20)21)13(17-10-16-12)15-6-9-18-7-3-4-8-18/h10H,2-9H2,1H3,(H2,14,15,16,17). The van der Waals surface area contributed by atoms with Crippen LogP contribution < -0.4 is 10.6 Å². The molecule has 0 aromatic carbocycles.